The van der Waals surface area contributed by atoms with Crippen LogP contribution in [0, 0.1) is 0 Å². The van der Waals surface area contributed by atoms with E-state index in [9.17, 15) is 0 Å². The molecule has 0 atom stereocenters. The molecule has 0 saturated carbocycles. The predicted molar refractivity (Wildman–Crippen MR) is 57.7 cm³/mol. The van der Waals surface area contributed by atoms with Crippen LogP contribution < -0.4 is 0 Å². The van der Waals surface area contributed by atoms with Gasteiger partial charge >= 0.3 is 0 Å². The summed E-state index contributed by atoms with van der Waals surface area (Å²) in [7, 11) is 1.82. The van der Waals surface area contributed by atoms with Crippen LogP contribution in [0.25, 0.3) is 0 Å². The number of thiol groups is 1. The Morgan fingerprint density at radius 2 is 2.17 bits per heavy atom. The standard InChI is InChI=1S/C8H13N3S/c1-5-10-8(9-3)11(4)6-7(2)12/h5-6,12H,1,3H2,2,4H3/b7-6+,10-8-. The molecule has 0 unspecified atom stereocenters. The van der Waals surface area contributed by atoms with Crippen LogP contribution in [0.4, 0.5) is 0 Å². The number of aliphatic imine (C=N–C) groups is 2. The lowest BCUT2D eigenvalue weighted by Gasteiger charge is -2.11. The second-order valence-corrected chi connectivity index (χ2v) is 2.86. The Kier molecular flexibility index (Phi) is 5.12. The van der Waals surface area contributed by atoms with Crippen molar-refractivity contribution >= 4 is 25.3 Å². The fourth-order valence-electron chi connectivity index (χ4n) is 0.663. The van der Waals surface area contributed by atoms with Crippen molar-refractivity contribution in [2.24, 2.45) is 9.98 Å². The zero-order chi connectivity index (χ0) is 9.56. The monoisotopic (exact) mass is 183 g/mol. The summed E-state index contributed by atoms with van der Waals surface area (Å²) in [5, 5.41) is 0. The van der Waals surface area contributed by atoms with Crippen LogP contribution in [0.1, 0.15) is 6.92 Å². The highest BCUT2D eigenvalue weighted by molar-refractivity contribution is 7.84. The van der Waals surface area contributed by atoms with Gasteiger partial charge in [-0.25, -0.2) is 9.98 Å². The average Bonchev–Trinajstić information content (AvgIpc) is 1.98. The molecule has 0 aliphatic heterocycles. The highest BCUT2D eigenvalue weighted by Crippen LogP contribution is 2.00. The largest absolute Gasteiger partial charge is 0.320 e. The lowest BCUT2D eigenvalue weighted by atomic mass is 10.6. The quantitative estimate of drug-likeness (QED) is 0.395. The second kappa shape index (κ2) is 5.60. The van der Waals surface area contributed by atoms with Crippen LogP contribution in [0.3, 0.4) is 0 Å². The minimum absolute atomic E-state index is 0.499. The lowest BCUT2D eigenvalue weighted by molar-refractivity contribution is 0.676. The van der Waals surface area contributed by atoms with Crippen molar-refractivity contribution in [3.05, 3.63) is 23.9 Å². The summed E-state index contributed by atoms with van der Waals surface area (Å²) in [5.41, 5.74) is 0. The summed E-state index contributed by atoms with van der Waals surface area (Å²) in [6.45, 7) is 8.72. The third kappa shape index (κ3) is 3.98. The molecule has 0 spiro atoms. The zero-order valence-electron chi connectivity index (χ0n) is 7.36. The minimum Gasteiger partial charge on any atom is -0.320 e. The van der Waals surface area contributed by atoms with Crippen LogP contribution in [-0.4, -0.2) is 24.6 Å². The SMILES string of the molecule is C=C/N=C(/N=C)N(C)/C=C(\C)S. The van der Waals surface area contributed by atoms with E-state index in [1.54, 1.807) is 11.1 Å². The third-order valence-electron chi connectivity index (χ3n) is 1.04. The van der Waals surface area contributed by atoms with Crippen LogP contribution in [0.15, 0.2) is 33.9 Å². The average molecular weight is 183 g/mol. The summed E-state index contributed by atoms with van der Waals surface area (Å²) in [6.07, 6.45) is 3.21. The topological polar surface area (TPSA) is 28.0 Å². The van der Waals surface area contributed by atoms with E-state index < -0.39 is 0 Å². The summed E-state index contributed by atoms with van der Waals surface area (Å²) in [4.78, 5) is 10.2. The van der Waals surface area contributed by atoms with Crippen molar-refractivity contribution in [1.82, 2.24) is 4.90 Å². The van der Waals surface area contributed by atoms with Crippen molar-refractivity contribution in [1.29, 1.82) is 0 Å². The highest BCUT2D eigenvalue weighted by atomic mass is 32.1. The molecule has 0 aromatic rings. The van der Waals surface area contributed by atoms with Crippen LogP contribution in [-0.2, 0) is 0 Å². The van der Waals surface area contributed by atoms with Gasteiger partial charge in [-0.2, -0.15) is 0 Å². The summed E-state index contributed by atoms with van der Waals surface area (Å²) < 4.78 is 0. The Morgan fingerprint density at radius 1 is 1.58 bits per heavy atom. The van der Waals surface area contributed by atoms with Gasteiger partial charge in [-0.1, -0.05) is 6.58 Å². The number of nitrogens with zero attached hydrogens (tertiary/aromatic N) is 3. The molecule has 0 rings (SSSR count). The second-order valence-electron chi connectivity index (χ2n) is 2.15. The molecule has 0 fully saturated rings. The molecule has 0 radical (unpaired) electrons. The van der Waals surface area contributed by atoms with Gasteiger partial charge in [-0.15, -0.1) is 12.6 Å². The van der Waals surface area contributed by atoms with Crippen molar-refractivity contribution in [3.8, 4) is 0 Å². The van der Waals surface area contributed by atoms with Crippen molar-refractivity contribution in [2.75, 3.05) is 7.05 Å². The lowest BCUT2D eigenvalue weighted by Crippen LogP contribution is -2.18. The summed E-state index contributed by atoms with van der Waals surface area (Å²) in [5.74, 6) is 0.499. The molecule has 0 aliphatic carbocycles. The molecule has 12 heavy (non-hydrogen) atoms. The Morgan fingerprint density at radius 3 is 2.50 bits per heavy atom. The van der Waals surface area contributed by atoms with Crippen LogP contribution >= 0.6 is 12.6 Å². The van der Waals surface area contributed by atoms with Gasteiger partial charge in [0.1, 0.15) is 0 Å². The maximum atomic E-state index is 4.12. The number of hydrogen-bond acceptors (Lipinski definition) is 2. The molecule has 0 N–H and O–H groups in total. The third-order valence-corrected chi connectivity index (χ3v) is 1.16. The molecule has 0 heterocycles. The first-order valence-electron chi connectivity index (χ1n) is 3.37. The molecule has 0 saturated heterocycles. The predicted octanol–water partition coefficient (Wildman–Crippen LogP) is 1.91. The Labute approximate surface area is 78.6 Å². The molecular weight excluding hydrogens is 170 g/mol. The van der Waals surface area contributed by atoms with E-state index in [0.717, 1.165) is 4.91 Å². The highest BCUT2D eigenvalue weighted by Gasteiger charge is 1.98. The maximum absolute atomic E-state index is 4.12. The minimum atomic E-state index is 0.499. The number of rotatable bonds is 2. The molecule has 4 heteroatoms. The van der Waals surface area contributed by atoms with Crippen LogP contribution in [0.2, 0.25) is 0 Å². The number of guanidine groups is 1. The van der Waals surface area contributed by atoms with Gasteiger partial charge < -0.3 is 4.90 Å². The molecule has 0 aliphatic rings. The van der Waals surface area contributed by atoms with Gasteiger partial charge in [0.25, 0.3) is 0 Å². The summed E-state index contributed by atoms with van der Waals surface area (Å²) >= 11 is 4.12. The van der Waals surface area contributed by atoms with Gasteiger partial charge in [-0.05, 0) is 18.5 Å². The van der Waals surface area contributed by atoms with E-state index >= 15 is 0 Å². The van der Waals surface area contributed by atoms with E-state index in [4.69, 9.17) is 0 Å². The number of allylic oxidation sites excluding steroid dienone is 1. The normalized spacial score (nSPS) is 12.6. The summed E-state index contributed by atoms with van der Waals surface area (Å²) in [6, 6.07) is 0. The van der Waals surface area contributed by atoms with E-state index in [1.807, 2.05) is 14.0 Å². The Balaban J connectivity index is 4.53. The first-order valence-corrected chi connectivity index (χ1v) is 3.82. The zero-order valence-corrected chi connectivity index (χ0v) is 8.25. The van der Waals surface area contributed by atoms with Crippen molar-refractivity contribution in [3.63, 3.8) is 0 Å². The Bertz CT molecular complexity index is 226. The Hall–Kier alpha value is -1.03. The van der Waals surface area contributed by atoms with Gasteiger partial charge in [0.05, 0.1) is 0 Å². The first kappa shape index (κ1) is 11.0. The number of hydrogen-bond donors (Lipinski definition) is 1. The molecule has 3 nitrogen and oxygen atoms in total. The van der Waals surface area contributed by atoms with E-state index in [1.165, 1.54) is 6.20 Å². The van der Waals surface area contributed by atoms with Crippen molar-refractivity contribution < 1.29 is 0 Å². The van der Waals surface area contributed by atoms with Gasteiger partial charge in [0.2, 0.25) is 5.96 Å². The molecular formula is C8H13N3S. The maximum Gasteiger partial charge on any atom is 0.228 e. The van der Waals surface area contributed by atoms with Gasteiger partial charge in [-0.3, -0.25) is 0 Å². The van der Waals surface area contributed by atoms with E-state index in [0.29, 0.717) is 5.96 Å². The molecule has 0 aromatic heterocycles. The molecule has 0 bridgehead atoms. The fraction of sp³-hybridized carbons (Fsp3) is 0.250. The van der Waals surface area contributed by atoms with E-state index in [2.05, 4.69) is 35.9 Å². The van der Waals surface area contributed by atoms with Crippen LogP contribution in [0.5, 0.6) is 0 Å². The molecule has 0 aromatic carbocycles. The van der Waals surface area contributed by atoms with Gasteiger partial charge in [0.15, 0.2) is 0 Å². The van der Waals surface area contributed by atoms with E-state index in [-0.39, 0.29) is 0 Å². The van der Waals surface area contributed by atoms with Crippen molar-refractivity contribution in [2.45, 2.75) is 6.92 Å². The fourth-order valence-corrected chi connectivity index (χ4v) is 0.836. The van der Waals surface area contributed by atoms with Gasteiger partial charge in [0, 0.05) is 19.4 Å². The first-order chi connectivity index (χ1) is 5.61. The smallest absolute Gasteiger partial charge is 0.228 e. The molecule has 66 valence electrons. The molecule has 0 amide bonds.